The largest absolute Gasteiger partial charge is 0.463 e. The number of carbonyl (C=O) groups is 3. The van der Waals surface area contributed by atoms with E-state index in [9.17, 15) is 45.8 Å². The van der Waals surface area contributed by atoms with Gasteiger partial charge in [-0.3, -0.25) is 4.79 Å². The molecule has 208 valence electrons. The van der Waals surface area contributed by atoms with Gasteiger partial charge in [-0.15, -0.1) is 0 Å². The van der Waals surface area contributed by atoms with Crippen molar-refractivity contribution < 1.29 is 55.3 Å². The van der Waals surface area contributed by atoms with Gasteiger partial charge in [0.1, 0.15) is 0 Å². The van der Waals surface area contributed by atoms with E-state index in [1.165, 1.54) is 39.0 Å². The summed E-state index contributed by atoms with van der Waals surface area (Å²) in [4.78, 5) is 37.5. The van der Waals surface area contributed by atoms with Crippen molar-refractivity contribution in [3.63, 3.8) is 0 Å². The highest BCUT2D eigenvalue weighted by atomic mass is 19.4. The molecule has 0 saturated heterocycles. The van der Waals surface area contributed by atoms with Gasteiger partial charge in [-0.2, -0.15) is 26.3 Å². The van der Waals surface area contributed by atoms with Crippen LogP contribution in [0.4, 0.5) is 32.0 Å². The molecule has 2 rings (SSSR count). The molecule has 0 aliphatic heterocycles. The van der Waals surface area contributed by atoms with Gasteiger partial charge in [0.15, 0.2) is 0 Å². The molecule has 0 spiro atoms. The van der Waals surface area contributed by atoms with Crippen LogP contribution in [0.2, 0.25) is 0 Å². The highest BCUT2D eigenvalue weighted by Gasteiger charge is 2.65. The van der Waals surface area contributed by atoms with Crippen molar-refractivity contribution in [2.75, 3.05) is 18.5 Å². The van der Waals surface area contributed by atoms with Crippen molar-refractivity contribution in [2.24, 2.45) is 0 Å². The highest BCUT2D eigenvalue weighted by molar-refractivity contribution is 5.99. The fraction of sp³-hybridized carbons (Fsp3) is 0.375. The summed E-state index contributed by atoms with van der Waals surface area (Å²) >= 11 is 0. The molecule has 2 aromatic rings. The summed E-state index contributed by atoms with van der Waals surface area (Å²) in [6, 6.07) is 8.44. The number of anilines is 1. The average Bonchev–Trinajstić information content (AvgIpc) is 2.83. The lowest BCUT2D eigenvalue weighted by Crippen LogP contribution is -2.69. The van der Waals surface area contributed by atoms with Crippen LogP contribution in [-0.4, -0.2) is 54.2 Å². The molecule has 2 aromatic carbocycles. The number of esters is 2. The number of aryl methyl sites for hydroxylation is 1. The number of halogens is 6. The molecule has 2 atom stereocenters. The summed E-state index contributed by atoms with van der Waals surface area (Å²) in [7, 11) is 0. The Balaban J connectivity index is 2.73. The fourth-order valence-corrected chi connectivity index (χ4v) is 3.28. The van der Waals surface area contributed by atoms with Crippen molar-refractivity contribution in [3.8, 4) is 0 Å². The molecule has 8 nitrogen and oxygen atoms in total. The van der Waals surface area contributed by atoms with E-state index in [1.54, 1.807) is 10.6 Å². The Bertz CT molecular complexity index is 1170. The minimum atomic E-state index is -5.64. The van der Waals surface area contributed by atoms with Crippen LogP contribution in [0.15, 0.2) is 48.5 Å². The van der Waals surface area contributed by atoms with Crippen LogP contribution < -0.4 is 10.6 Å². The number of hydrogen-bond acceptors (Lipinski definition) is 7. The van der Waals surface area contributed by atoms with Gasteiger partial charge in [0, 0.05) is 16.8 Å². The smallest absolute Gasteiger partial charge is 0.441 e. The molecule has 0 unspecified atom stereocenters. The third kappa shape index (κ3) is 5.85. The first kappa shape index (κ1) is 30.4. The van der Waals surface area contributed by atoms with E-state index in [1.807, 2.05) is 0 Å². The fourth-order valence-electron chi connectivity index (χ4n) is 3.28. The molecule has 0 fully saturated rings. The monoisotopic (exact) mass is 550 g/mol. The predicted molar refractivity (Wildman–Crippen MR) is 121 cm³/mol. The normalized spacial score (nSPS) is 15.0. The van der Waals surface area contributed by atoms with Crippen molar-refractivity contribution in [1.29, 1.82) is 0 Å². The van der Waals surface area contributed by atoms with Gasteiger partial charge in [0.25, 0.3) is 11.5 Å². The number of rotatable bonds is 9. The van der Waals surface area contributed by atoms with E-state index in [0.717, 1.165) is 18.2 Å². The number of aliphatic hydroxyl groups is 1. The number of ether oxygens (including phenoxy) is 2. The van der Waals surface area contributed by atoms with E-state index in [4.69, 9.17) is 0 Å². The number of alkyl halides is 6. The molecule has 0 aromatic heterocycles. The van der Waals surface area contributed by atoms with E-state index in [-0.39, 0.29) is 11.1 Å². The van der Waals surface area contributed by atoms with Crippen LogP contribution in [0.3, 0.4) is 0 Å². The van der Waals surface area contributed by atoms with E-state index in [0.29, 0.717) is 12.1 Å². The van der Waals surface area contributed by atoms with Gasteiger partial charge in [0.05, 0.1) is 13.2 Å². The Morgan fingerprint density at radius 3 is 1.89 bits per heavy atom. The SMILES string of the molecule is CCOC(=O)[C@](NC(=O)c1ccccc1)(Nc1cc([C@@](O)(C(=O)OCC)C(F)(F)F)ccc1C)C(F)(F)F. The lowest BCUT2D eigenvalue weighted by Gasteiger charge is -2.36. The topological polar surface area (TPSA) is 114 Å². The summed E-state index contributed by atoms with van der Waals surface area (Å²) in [5, 5.41) is 13.7. The molecule has 14 heteroatoms. The van der Waals surface area contributed by atoms with Crippen LogP contribution >= 0.6 is 0 Å². The Kier molecular flexibility index (Phi) is 9.04. The maximum atomic E-state index is 14.5. The zero-order valence-electron chi connectivity index (χ0n) is 20.3. The first-order chi connectivity index (χ1) is 17.5. The maximum absolute atomic E-state index is 14.5. The summed E-state index contributed by atoms with van der Waals surface area (Å²) < 4.78 is 93.9. The number of amides is 1. The molecule has 0 aliphatic rings. The Labute approximate surface area is 212 Å². The predicted octanol–water partition coefficient (Wildman–Crippen LogP) is 3.97. The second kappa shape index (κ2) is 11.3. The Morgan fingerprint density at radius 1 is 0.842 bits per heavy atom. The van der Waals surface area contributed by atoms with E-state index >= 15 is 0 Å². The summed E-state index contributed by atoms with van der Waals surface area (Å²) in [5.41, 5.74) is -10.6. The van der Waals surface area contributed by atoms with Gasteiger partial charge in [-0.1, -0.05) is 30.3 Å². The molecule has 0 radical (unpaired) electrons. The van der Waals surface area contributed by atoms with Crippen LogP contribution in [0.5, 0.6) is 0 Å². The molecule has 1 amide bonds. The van der Waals surface area contributed by atoms with Crippen LogP contribution in [0.25, 0.3) is 0 Å². The van der Waals surface area contributed by atoms with Crippen LogP contribution in [0.1, 0.15) is 35.3 Å². The minimum absolute atomic E-state index is 0.144. The molecule has 0 heterocycles. The molecular formula is C24H24F6N2O6. The first-order valence-electron chi connectivity index (χ1n) is 11.0. The van der Waals surface area contributed by atoms with Gasteiger partial charge in [0.2, 0.25) is 0 Å². The summed E-state index contributed by atoms with van der Waals surface area (Å²) in [6.07, 6.45) is -11.2. The maximum Gasteiger partial charge on any atom is 0.441 e. The molecule has 3 N–H and O–H groups in total. The Hall–Kier alpha value is -3.81. The molecule has 0 aliphatic carbocycles. The first-order valence-corrected chi connectivity index (χ1v) is 11.0. The zero-order valence-corrected chi connectivity index (χ0v) is 20.3. The van der Waals surface area contributed by atoms with Crippen molar-refractivity contribution in [2.45, 2.75) is 44.4 Å². The second-order valence-electron chi connectivity index (χ2n) is 7.87. The van der Waals surface area contributed by atoms with Crippen LogP contribution in [-0.2, 0) is 24.7 Å². The highest BCUT2D eigenvalue weighted by Crippen LogP contribution is 2.42. The average molecular weight is 550 g/mol. The quantitative estimate of drug-likeness (QED) is 0.246. The van der Waals surface area contributed by atoms with Crippen molar-refractivity contribution in [1.82, 2.24) is 5.32 Å². The van der Waals surface area contributed by atoms with Gasteiger partial charge in [-0.05, 0) is 44.5 Å². The lowest BCUT2D eigenvalue weighted by molar-refractivity contribution is -0.267. The second-order valence-corrected chi connectivity index (χ2v) is 7.87. The third-order valence-corrected chi connectivity index (χ3v) is 5.30. The number of nitrogens with one attached hydrogen (secondary N) is 2. The van der Waals surface area contributed by atoms with Crippen molar-refractivity contribution in [3.05, 3.63) is 65.2 Å². The standard InChI is InChI=1S/C24H24F6N2O6/c1-4-37-19(34)21(36,23(25,26)27)16-12-11-14(3)17(13-16)31-22(24(28,29)30,20(35)38-5-2)32-18(33)15-9-7-6-8-10-15/h6-13,31,36H,4-5H2,1-3H3,(H,32,33)/t21-,22-/m1/s1. The van der Waals surface area contributed by atoms with Gasteiger partial charge < -0.3 is 25.2 Å². The third-order valence-electron chi connectivity index (χ3n) is 5.30. The van der Waals surface area contributed by atoms with Gasteiger partial charge in [-0.25, -0.2) is 9.59 Å². The number of benzene rings is 2. The Morgan fingerprint density at radius 2 is 1.39 bits per heavy atom. The molecular weight excluding hydrogens is 526 g/mol. The molecule has 0 bridgehead atoms. The van der Waals surface area contributed by atoms with E-state index in [2.05, 4.69) is 9.47 Å². The molecule has 0 saturated carbocycles. The summed E-state index contributed by atoms with van der Waals surface area (Å²) in [6.45, 7) is 2.47. The zero-order chi connectivity index (χ0) is 28.9. The van der Waals surface area contributed by atoms with E-state index < -0.39 is 65.9 Å². The van der Waals surface area contributed by atoms with Gasteiger partial charge >= 0.3 is 30.0 Å². The summed E-state index contributed by atoms with van der Waals surface area (Å²) in [5.74, 6) is -5.50. The number of carbonyl (C=O) groups excluding carboxylic acids is 3. The van der Waals surface area contributed by atoms with Crippen molar-refractivity contribution >= 4 is 23.5 Å². The molecule has 38 heavy (non-hydrogen) atoms. The van der Waals surface area contributed by atoms with Crippen LogP contribution in [0, 0.1) is 6.92 Å². The minimum Gasteiger partial charge on any atom is -0.463 e. The number of hydrogen-bond donors (Lipinski definition) is 3. The lowest BCUT2D eigenvalue weighted by atomic mass is 9.91.